The topological polar surface area (TPSA) is 29.3 Å². The zero-order valence-electron chi connectivity index (χ0n) is 14.5. The second-order valence-electron chi connectivity index (χ2n) is 6.69. The summed E-state index contributed by atoms with van der Waals surface area (Å²) < 4.78 is 0. The van der Waals surface area contributed by atoms with Gasteiger partial charge in [0, 0.05) is 35.3 Å². The summed E-state index contributed by atoms with van der Waals surface area (Å²) >= 11 is 5.99. The van der Waals surface area contributed by atoms with Crippen molar-refractivity contribution in [2.45, 2.75) is 38.1 Å². The lowest BCUT2D eigenvalue weighted by Gasteiger charge is -2.35. The van der Waals surface area contributed by atoms with Crippen LogP contribution < -0.4 is 5.73 Å². The van der Waals surface area contributed by atoms with Gasteiger partial charge in [0.05, 0.1) is 0 Å². The molecule has 1 aliphatic heterocycles. The molecule has 2 N–H and O–H groups in total. The largest absolute Gasteiger partial charge is 0.399 e. The molecule has 0 bridgehead atoms. The number of hydrogen-bond donors (Lipinski definition) is 1. The van der Waals surface area contributed by atoms with Crippen LogP contribution in [0.1, 0.15) is 36.8 Å². The van der Waals surface area contributed by atoms with E-state index in [1.165, 1.54) is 31.4 Å². The molecular formula is C22H25ClN2. The molecule has 1 aliphatic rings. The molecule has 2 nitrogen and oxygen atoms in total. The smallest absolute Gasteiger partial charge is 0.0406 e. The molecule has 1 fully saturated rings. The summed E-state index contributed by atoms with van der Waals surface area (Å²) in [6.45, 7) is 2.21. The van der Waals surface area contributed by atoms with E-state index < -0.39 is 0 Å². The van der Waals surface area contributed by atoms with Crippen LogP contribution in [0.3, 0.4) is 0 Å². The molecule has 0 aliphatic carbocycles. The molecule has 1 atom stereocenters. The second kappa shape index (κ2) is 8.94. The second-order valence-corrected chi connectivity index (χ2v) is 7.13. The fourth-order valence-electron chi connectivity index (χ4n) is 3.46. The number of halogens is 1. The Morgan fingerprint density at radius 3 is 2.76 bits per heavy atom. The van der Waals surface area contributed by atoms with E-state index >= 15 is 0 Å². The summed E-state index contributed by atoms with van der Waals surface area (Å²) in [6, 6.07) is 16.7. The molecule has 0 spiro atoms. The molecule has 2 aromatic carbocycles. The molecule has 0 amide bonds. The number of rotatable bonds is 4. The third-order valence-corrected chi connectivity index (χ3v) is 5.03. The number of nitrogen functional groups attached to an aromatic ring is 1. The number of nitrogens with zero attached hydrogens (tertiary/aromatic N) is 1. The zero-order chi connectivity index (χ0) is 17.5. The number of benzene rings is 2. The van der Waals surface area contributed by atoms with Gasteiger partial charge in [0.2, 0.25) is 0 Å². The minimum absolute atomic E-state index is 0.615. The summed E-state index contributed by atoms with van der Waals surface area (Å²) in [5, 5.41) is 0.807. The summed E-state index contributed by atoms with van der Waals surface area (Å²) in [5.74, 6) is 6.53. The average molecular weight is 353 g/mol. The molecule has 0 aromatic heterocycles. The van der Waals surface area contributed by atoms with Crippen molar-refractivity contribution in [3.05, 3.63) is 64.7 Å². The molecule has 1 saturated heterocycles. The summed E-state index contributed by atoms with van der Waals surface area (Å²) in [5.41, 5.74) is 8.93. The molecular weight excluding hydrogens is 328 g/mol. The summed E-state index contributed by atoms with van der Waals surface area (Å²) in [6.07, 6.45) is 5.88. The van der Waals surface area contributed by atoms with Crippen molar-refractivity contribution >= 4 is 17.3 Å². The van der Waals surface area contributed by atoms with E-state index in [1.807, 2.05) is 36.4 Å². The Balaban J connectivity index is 1.55. The molecule has 130 valence electrons. The van der Waals surface area contributed by atoms with E-state index in [9.17, 15) is 0 Å². The van der Waals surface area contributed by atoms with E-state index in [0.717, 1.165) is 35.7 Å². The molecule has 1 heterocycles. The highest BCUT2D eigenvalue weighted by Gasteiger charge is 2.21. The maximum atomic E-state index is 5.99. The summed E-state index contributed by atoms with van der Waals surface area (Å²) in [7, 11) is 0. The van der Waals surface area contributed by atoms with Gasteiger partial charge in [-0.05, 0) is 61.7 Å². The van der Waals surface area contributed by atoms with Crippen LogP contribution in [-0.2, 0) is 6.42 Å². The first-order chi connectivity index (χ1) is 12.2. The van der Waals surface area contributed by atoms with Gasteiger partial charge in [-0.25, -0.2) is 0 Å². The van der Waals surface area contributed by atoms with Crippen molar-refractivity contribution in [2.75, 3.05) is 18.8 Å². The molecule has 25 heavy (non-hydrogen) atoms. The van der Waals surface area contributed by atoms with E-state index in [1.54, 1.807) is 0 Å². The monoisotopic (exact) mass is 352 g/mol. The third-order valence-electron chi connectivity index (χ3n) is 4.78. The third kappa shape index (κ3) is 5.53. The standard InChI is InChI=1S/C22H25ClN2/c23-20-12-10-19(11-13-20)17-22-9-2-4-15-25(22)14-3-1-6-18-7-5-8-21(24)16-18/h5,7-8,10-13,16,22H,2-4,9,14-15,17,24H2. The van der Waals surface area contributed by atoms with Gasteiger partial charge in [-0.3, -0.25) is 4.90 Å². The fourth-order valence-corrected chi connectivity index (χ4v) is 3.58. The van der Waals surface area contributed by atoms with Crippen molar-refractivity contribution < 1.29 is 0 Å². The van der Waals surface area contributed by atoms with Crippen molar-refractivity contribution in [2.24, 2.45) is 0 Å². The van der Waals surface area contributed by atoms with Crippen molar-refractivity contribution in [3.63, 3.8) is 0 Å². The van der Waals surface area contributed by atoms with Gasteiger partial charge < -0.3 is 5.73 Å². The van der Waals surface area contributed by atoms with Crippen LogP contribution in [-0.4, -0.2) is 24.0 Å². The van der Waals surface area contributed by atoms with Crippen molar-refractivity contribution in [3.8, 4) is 11.8 Å². The quantitative estimate of drug-likeness (QED) is 0.635. The van der Waals surface area contributed by atoms with Gasteiger partial charge >= 0.3 is 0 Å². The van der Waals surface area contributed by atoms with Crippen LogP contribution >= 0.6 is 11.6 Å². The maximum absolute atomic E-state index is 5.99. The number of nitrogens with two attached hydrogens (primary N) is 1. The van der Waals surface area contributed by atoms with Gasteiger partial charge in [0.1, 0.15) is 0 Å². The fraction of sp³-hybridized carbons (Fsp3) is 0.364. The van der Waals surface area contributed by atoms with Crippen molar-refractivity contribution in [1.29, 1.82) is 0 Å². The molecule has 2 aromatic rings. The average Bonchev–Trinajstić information content (AvgIpc) is 2.62. The first-order valence-electron chi connectivity index (χ1n) is 9.03. The Morgan fingerprint density at radius 1 is 1.12 bits per heavy atom. The van der Waals surface area contributed by atoms with Gasteiger partial charge in [-0.2, -0.15) is 0 Å². The highest BCUT2D eigenvalue weighted by Crippen LogP contribution is 2.21. The number of anilines is 1. The van der Waals surface area contributed by atoms with E-state index in [2.05, 4.69) is 28.9 Å². The molecule has 3 rings (SSSR count). The molecule has 1 unspecified atom stereocenters. The Bertz CT molecular complexity index is 743. The van der Waals surface area contributed by atoms with E-state index in [0.29, 0.717) is 6.04 Å². The Kier molecular flexibility index (Phi) is 6.39. The number of hydrogen-bond acceptors (Lipinski definition) is 2. The van der Waals surface area contributed by atoms with Crippen LogP contribution in [0.5, 0.6) is 0 Å². The van der Waals surface area contributed by atoms with Gasteiger partial charge in [0.15, 0.2) is 0 Å². The van der Waals surface area contributed by atoms with Gasteiger partial charge in [-0.1, -0.05) is 48.1 Å². The van der Waals surface area contributed by atoms with Crippen LogP contribution in [0.15, 0.2) is 48.5 Å². The Hall–Kier alpha value is -1.95. The van der Waals surface area contributed by atoms with Gasteiger partial charge in [0.25, 0.3) is 0 Å². The maximum Gasteiger partial charge on any atom is 0.0406 e. The minimum Gasteiger partial charge on any atom is -0.399 e. The highest BCUT2D eigenvalue weighted by molar-refractivity contribution is 6.30. The predicted molar refractivity (Wildman–Crippen MR) is 107 cm³/mol. The first-order valence-corrected chi connectivity index (χ1v) is 9.41. The normalized spacial score (nSPS) is 17.7. The van der Waals surface area contributed by atoms with Crippen molar-refractivity contribution in [1.82, 2.24) is 4.90 Å². The lowest BCUT2D eigenvalue weighted by atomic mass is 9.95. The number of piperidine rings is 1. The van der Waals surface area contributed by atoms with E-state index in [4.69, 9.17) is 17.3 Å². The molecule has 0 radical (unpaired) electrons. The molecule has 3 heteroatoms. The Morgan fingerprint density at radius 2 is 1.96 bits per heavy atom. The molecule has 0 saturated carbocycles. The summed E-state index contributed by atoms with van der Waals surface area (Å²) in [4.78, 5) is 2.60. The zero-order valence-corrected chi connectivity index (χ0v) is 15.3. The van der Waals surface area contributed by atoms with Crippen LogP contribution in [0.25, 0.3) is 0 Å². The Labute approximate surface area is 156 Å². The van der Waals surface area contributed by atoms with Crippen LogP contribution in [0.4, 0.5) is 5.69 Å². The van der Waals surface area contributed by atoms with Gasteiger partial charge in [-0.15, -0.1) is 0 Å². The lowest BCUT2D eigenvalue weighted by Crippen LogP contribution is -2.41. The lowest BCUT2D eigenvalue weighted by molar-refractivity contribution is 0.151. The van der Waals surface area contributed by atoms with Crippen LogP contribution in [0.2, 0.25) is 5.02 Å². The highest BCUT2D eigenvalue weighted by atomic mass is 35.5. The number of likely N-dealkylation sites (tertiary alicyclic amines) is 1. The SMILES string of the molecule is Nc1cccc(C#CCCN2CCCCC2Cc2ccc(Cl)cc2)c1. The predicted octanol–water partition coefficient (Wildman–Crippen LogP) is 4.76. The minimum atomic E-state index is 0.615. The van der Waals surface area contributed by atoms with Crippen LogP contribution in [0, 0.1) is 11.8 Å². The van der Waals surface area contributed by atoms with E-state index in [-0.39, 0.29) is 0 Å². The first kappa shape index (κ1) is 17.9.